The van der Waals surface area contributed by atoms with E-state index in [1.807, 2.05) is 49.1 Å². The fraction of sp³-hybridized carbons (Fsp3) is 0.375. The van der Waals surface area contributed by atoms with Crippen LogP contribution >= 0.6 is 0 Å². The number of nitrogens with zero attached hydrogens (tertiary/aromatic N) is 2. The minimum Gasteiger partial charge on any atom is -0.338 e. The summed E-state index contributed by atoms with van der Waals surface area (Å²) in [5, 5.41) is 3.12. The second-order valence-corrected chi connectivity index (χ2v) is 4.89. The van der Waals surface area contributed by atoms with Crippen molar-refractivity contribution >= 4 is 5.78 Å². The second kappa shape index (κ2) is 7.01. The van der Waals surface area contributed by atoms with E-state index in [1.165, 1.54) is 0 Å². The molecule has 0 amide bonds. The minimum absolute atomic E-state index is 0.194. The van der Waals surface area contributed by atoms with Gasteiger partial charge in [0.2, 0.25) is 0 Å². The average molecular weight is 271 g/mol. The lowest BCUT2D eigenvalue weighted by atomic mass is 9.98. The molecule has 1 aromatic carbocycles. The SMILES string of the molecule is CNCCc1ccccc1C(=O)CCc1nccn1C. The van der Waals surface area contributed by atoms with Crippen molar-refractivity contribution < 1.29 is 4.79 Å². The highest BCUT2D eigenvalue weighted by molar-refractivity contribution is 5.97. The summed E-state index contributed by atoms with van der Waals surface area (Å²) in [5.74, 6) is 1.14. The first kappa shape index (κ1) is 14.5. The molecule has 1 N–H and O–H groups in total. The molecule has 0 fully saturated rings. The molecule has 106 valence electrons. The molecule has 0 spiro atoms. The normalized spacial score (nSPS) is 10.7. The van der Waals surface area contributed by atoms with E-state index in [9.17, 15) is 4.79 Å². The summed E-state index contributed by atoms with van der Waals surface area (Å²) in [7, 11) is 3.87. The van der Waals surface area contributed by atoms with Gasteiger partial charge in [-0.2, -0.15) is 0 Å². The number of aryl methyl sites for hydroxylation is 2. The predicted octanol–water partition coefficient (Wildman–Crippen LogP) is 2.00. The Hall–Kier alpha value is -1.94. The number of hydrogen-bond acceptors (Lipinski definition) is 3. The Labute approximate surface area is 119 Å². The zero-order chi connectivity index (χ0) is 14.4. The Morgan fingerprint density at radius 3 is 2.80 bits per heavy atom. The molecular weight excluding hydrogens is 250 g/mol. The van der Waals surface area contributed by atoms with Crippen LogP contribution in [0.2, 0.25) is 0 Å². The lowest BCUT2D eigenvalue weighted by molar-refractivity contribution is 0.0981. The number of hydrogen-bond donors (Lipinski definition) is 1. The number of ketones is 1. The Morgan fingerprint density at radius 2 is 2.10 bits per heavy atom. The standard InChI is InChI=1S/C16H21N3O/c1-17-10-9-13-5-3-4-6-14(13)15(20)7-8-16-18-11-12-19(16)2/h3-6,11-12,17H,7-10H2,1-2H3. The molecule has 2 rings (SSSR count). The van der Waals surface area contributed by atoms with E-state index in [0.717, 1.165) is 29.9 Å². The van der Waals surface area contributed by atoms with Crippen molar-refractivity contribution in [2.45, 2.75) is 19.3 Å². The fourth-order valence-corrected chi connectivity index (χ4v) is 2.27. The van der Waals surface area contributed by atoms with Gasteiger partial charge in [-0.25, -0.2) is 4.98 Å². The highest BCUT2D eigenvalue weighted by atomic mass is 16.1. The van der Waals surface area contributed by atoms with Crippen LogP contribution < -0.4 is 5.32 Å². The Balaban J connectivity index is 2.03. The smallest absolute Gasteiger partial charge is 0.163 e. The number of benzene rings is 1. The van der Waals surface area contributed by atoms with E-state index in [2.05, 4.69) is 10.3 Å². The van der Waals surface area contributed by atoms with E-state index in [0.29, 0.717) is 12.8 Å². The molecule has 0 bridgehead atoms. The number of aromatic nitrogens is 2. The number of nitrogens with one attached hydrogen (secondary N) is 1. The number of imidazole rings is 1. The average Bonchev–Trinajstić information content (AvgIpc) is 2.88. The molecule has 20 heavy (non-hydrogen) atoms. The van der Waals surface area contributed by atoms with Crippen LogP contribution in [0.25, 0.3) is 0 Å². The lowest BCUT2D eigenvalue weighted by Gasteiger charge is -2.08. The Morgan fingerprint density at radius 1 is 1.30 bits per heavy atom. The third-order valence-corrected chi connectivity index (χ3v) is 3.46. The molecular formula is C16H21N3O. The first-order chi connectivity index (χ1) is 9.72. The zero-order valence-electron chi connectivity index (χ0n) is 12.1. The van der Waals surface area contributed by atoms with Gasteiger partial charge in [0.05, 0.1) is 0 Å². The number of rotatable bonds is 7. The van der Waals surface area contributed by atoms with Gasteiger partial charge >= 0.3 is 0 Å². The van der Waals surface area contributed by atoms with Crippen molar-refractivity contribution in [2.24, 2.45) is 7.05 Å². The van der Waals surface area contributed by atoms with Crippen LogP contribution in [0, 0.1) is 0 Å². The molecule has 0 aliphatic carbocycles. The van der Waals surface area contributed by atoms with E-state index < -0.39 is 0 Å². The van der Waals surface area contributed by atoms with Crippen LogP contribution in [0.3, 0.4) is 0 Å². The summed E-state index contributed by atoms with van der Waals surface area (Å²) in [6.07, 6.45) is 5.73. The van der Waals surface area contributed by atoms with Gasteiger partial charge in [-0.15, -0.1) is 0 Å². The maximum absolute atomic E-state index is 12.4. The molecule has 0 atom stereocenters. The fourth-order valence-electron chi connectivity index (χ4n) is 2.27. The molecule has 0 saturated carbocycles. The summed E-state index contributed by atoms with van der Waals surface area (Å²) in [6.45, 7) is 0.879. The maximum atomic E-state index is 12.4. The number of carbonyl (C=O) groups excluding carboxylic acids is 1. The third-order valence-electron chi connectivity index (χ3n) is 3.46. The molecule has 4 nitrogen and oxygen atoms in total. The van der Waals surface area contributed by atoms with E-state index in [-0.39, 0.29) is 5.78 Å². The van der Waals surface area contributed by atoms with Gasteiger partial charge in [-0.05, 0) is 25.6 Å². The highest BCUT2D eigenvalue weighted by Gasteiger charge is 2.11. The minimum atomic E-state index is 0.194. The number of carbonyl (C=O) groups is 1. The van der Waals surface area contributed by atoms with Crippen LogP contribution in [0.15, 0.2) is 36.7 Å². The van der Waals surface area contributed by atoms with Crippen molar-refractivity contribution in [3.8, 4) is 0 Å². The largest absolute Gasteiger partial charge is 0.338 e. The van der Waals surface area contributed by atoms with E-state index >= 15 is 0 Å². The predicted molar refractivity (Wildman–Crippen MR) is 79.9 cm³/mol. The molecule has 0 saturated heterocycles. The summed E-state index contributed by atoms with van der Waals surface area (Å²) < 4.78 is 1.96. The Bertz CT molecular complexity index is 575. The van der Waals surface area contributed by atoms with Gasteiger partial charge in [0.1, 0.15) is 5.82 Å². The van der Waals surface area contributed by atoms with Gasteiger partial charge in [0, 0.05) is 37.8 Å². The summed E-state index contributed by atoms with van der Waals surface area (Å²) in [5.41, 5.74) is 1.96. The third kappa shape index (κ3) is 3.54. The first-order valence-electron chi connectivity index (χ1n) is 6.94. The lowest BCUT2D eigenvalue weighted by Crippen LogP contribution is -2.13. The van der Waals surface area contributed by atoms with Gasteiger partial charge in [0.25, 0.3) is 0 Å². The van der Waals surface area contributed by atoms with Gasteiger partial charge in [-0.1, -0.05) is 24.3 Å². The molecule has 0 unspecified atom stereocenters. The molecule has 0 aliphatic heterocycles. The van der Waals surface area contributed by atoms with E-state index in [4.69, 9.17) is 0 Å². The first-order valence-corrected chi connectivity index (χ1v) is 6.94. The molecule has 1 aromatic heterocycles. The van der Waals surface area contributed by atoms with Gasteiger partial charge in [-0.3, -0.25) is 4.79 Å². The van der Waals surface area contributed by atoms with Crippen molar-refractivity contribution in [1.29, 1.82) is 0 Å². The van der Waals surface area contributed by atoms with Gasteiger partial charge in [0.15, 0.2) is 5.78 Å². The van der Waals surface area contributed by atoms with Crippen molar-refractivity contribution in [3.63, 3.8) is 0 Å². The van der Waals surface area contributed by atoms with Crippen LogP contribution in [0.5, 0.6) is 0 Å². The van der Waals surface area contributed by atoms with Crippen molar-refractivity contribution in [2.75, 3.05) is 13.6 Å². The number of likely N-dealkylation sites (N-methyl/N-ethyl adjacent to an activating group) is 1. The van der Waals surface area contributed by atoms with Crippen LogP contribution in [-0.2, 0) is 19.9 Å². The molecule has 1 heterocycles. The van der Waals surface area contributed by atoms with Crippen LogP contribution in [0.4, 0.5) is 0 Å². The summed E-state index contributed by atoms with van der Waals surface area (Å²) >= 11 is 0. The monoisotopic (exact) mass is 271 g/mol. The van der Waals surface area contributed by atoms with Crippen molar-refractivity contribution in [3.05, 3.63) is 53.6 Å². The Kier molecular flexibility index (Phi) is 5.07. The van der Waals surface area contributed by atoms with Crippen LogP contribution in [-0.4, -0.2) is 28.9 Å². The molecule has 4 heteroatoms. The molecule has 0 radical (unpaired) electrons. The van der Waals surface area contributed by atoms with E-state index in [1.54, 1.807) is 6.20 Å². The maximum Gasteiger partial charge on any atom is 0.163 e. The van der Waals surface area contributed by atoms with Crippen molar-refractivity contribution in [1.82, 2.24) is 14.9 Å². The summed E-state index contributed by atoms with van der Waals surface area (Å²) in [6, 6.07) is 7.87. The molecule has 0 aliphatic rings. The van der Waals surface area contributed by atoms with Gasteiger partial charge < -0.3 is 9.88 Å². The summed E-state index contributed by atoms with van der Waals surface area (Å²) in [4.78, 5) is 16.6. The topological polar surface area (TPSA) is 46.9 Å². The quantitative estimate of drug-likeness (QED) is 0.783. The zero-order valence-corrected chi connectivity index (χ0v) is 12.1. The molecule has 2 aromatic rings. The number of Topliss-reactive ketones (excluding diaryl/α,β-unsaturated/α-hetero) is 1. The second-order valence-electron chi connectivity index (χ2n) is 4.89. The highest BCUT2D eigenvalue weighted by Crippen LogP contribution is 2.13. The van der Waals surface area contributed by atoms with Crippen LogP contribution in [0.1, 0.15) is 28.2 Å².